The van der Waals surface area contributed by atoms with Gasteiger partial charge in [0, 0.05) is 10.9 Å². The van der Waals surface area contributed by atoms with Gasteiger partial charge in [-0.2, -0.15) is 0 Å². The summed E-state index contributed by atoms with van der Waals surface area (Å²) in [6.45, 7) is 0. The third-order valence-corrected chi connectivity index (χ3v) is 3.27. The van der Waals surface area contributed by atoms with Crippen molar-refractivity contribution < 1.29 is 8.78 Å². The summed E-state index contributed by atoms with van der Waals surface area (Å²) in [5.41, 5.74) is 6.31. The molecule has 0 aliphatic rings. The van der Waals surface area contributed by atoms with E-state index in [9.17, 15) is 8.78 Å². The van der Waals surface area contributed by atoms with Crippen molar-refractivity contribution in [2.75, 3.05) is 5.73 Å². The van der Waals surface area contributed by atoms with Crippen LogP contribution in [-0.4, -0.2) is 9.38 Å². The largest absolute Gasteiger partial charge is 0.382 e. The van der Waals surface area contributed by atoms with Crippen LogP contribution in [-0.2, 0) is 0 Å². The van der Waals surface area contributed by atoms with Crippen LogP contribution >= 0.6 is 11.3 Å². The highest BCUT2D eigenvalue weighted by molar-refractivity contribution is 7.15. The number of anilines is 1. The summed E-state index contributed by atoms with van der Waals surface area (Å²) < 4.78 is 28.4. The molecule has 3 aromatic rings. The maximum Gasteiger partial charge on any atom is 0.196 e. The van der Waals surface area contributed by atoms with E-state index < -0.39 is 11.6 Å². The van der Waals surface area contributed by atoms with E-state index in [1.54, 1.807) is 16.0 Å². The molecule has 0 bridgehead atoms. The summed E-state index contributed by atoms with van der Waals surface area (Å²) in [6.07, 6.45) is 1.59. The Hall–Kier alpha value is -1.95. The fourth-order valence-electron chi connectivity index (χ4n) is 1.69. The van der Waals surface area contributed by atoms with Crippen LogP contribution in [0.15, 0.2) is 29.8 Å². The van der Waals surface area contributed by atoms with Crippen molar-refractivity contribution in [3.05, 3.63) is 41.4 Å². The molecule has 0 saturated heterocycles. The van der Waals surface area contributed by atoms with Gasteiger partial charge >= 0.3 is 0 Å². The summed E-state index contributed by atoms with van der Waals surface area (Å²) in [5, 5.41) is 1.72. The van der Waals surface area contributed by atoms with Crippen molar-refractivity contribution in [1.82, 2.24) is 9.38 Å². The second-order valence-electron chi connectivity index (χ2n) is 3.56. The molecule has 3 rings (SSSR count). The number of imidazole rings is 1. The van der Waals surface area contributed by atoms with Crippen molar-refractivity contribution in [1.29, 1.82) is 0 Å². The smallest absolute Gasteiger partial charge is 0.196 e. The first-order valence-electron chi connectivity index (χ1n) is 4.82. The van der Waals surface area contributed by atoms with E-state index in [1.807, 2.05) is 0 Å². The second-order valence-corrected chi connectivity index (χ2v) is 4.40. The first-order valence-corrected chi connectivity index (χ1v) is 5.70. The number of aromatic nitrogens is 2. The van der Waals surface area contributed by atoms with Crippen molar-refractivity contribution in [2.45, 2.75) is 0 Å². The molecule has 0 fully saturated rings. The van der Waals surface area contributed by atoms with Crippen LogP contribution < -0.4 is 5.73 Å². The van der Waals surface area contributed by atoms with E-state index in [0.717, 1.165) is 18.2 Å². The molecule has 0 radical (unpaired) electrons. The van der Waals surface area contributed by atoms with E-state index in [2.05, 4.69) is 4.98 Å². The Labute approximate surface area is 99.1 Å². The van der Waals surface area contributed by atoms with E-state index in [4.69, 9.17) is 5.73 Å². The zero-order valence-corrected chi connectivity index (χ0v) is 9.34. The van der Waals surface area contributed by atoms with Crippen LogP contribution in [0.25, 0.3) is 16.2 Å². The van der Waals surface area contributed by atoms with Gasteiger partial charge in [-0.15, -0.1) is 11.3 Å². The number of nitrogens with zero attached hydrogens (tertiary/aromatic N) is 2. The van der Waals surface area contributed by atoms with Gasteiger partial charge in [-0.1, -0.05) is 0 Å². The third kappa shape index (κ3) is 1.57. The highest BCUT2D eigenvalue weighted by Gasteiger charge is 2.13. The molecule has 3 nitrogen and oxygen atoms in total. The molecular formula is C11H7F2N3S. The van der Waals surface area contributed by atoms with Gasteiger partial charge in [-0.3, -0.25) is 4.40 Å². The molecule has 0 aliphatic carbocycles. The molecular weight excluding hydrogens is 244 g/mol. The highest BCUT2D eigenvalue weighted by Crippen LogP contribution is 2.29. The molecule has 2 heterocycles. The first kappa shape index (κ1) is 10.2. The Bertz CT molecular complexity index is 702. The number of fused-ring (bicyclic) bond motifs is 1. The Morgan fingerprint density at radius 3 is 2.94 bits per heavy atom. The van der Waals surface area contributed by atoms with Gasteiger partial charge in [0.15, 0.2) is 4.96 Å². The van der Waals surface area contributed by atoms with Crippen LogP contribution in [0.2, 0.25) is 0 Å². The maximum atomic E-state index is 13.6. The predicted molar refractivity (Wildman–Crippen MR) is 62.8 cm³/mol. The number of hydrogen-bond acceptors (Lipinski definition) is 3. The fraction of sp³-hybridized carbons (Fsp3) is 0. The monoisotopic (exact) mass is 251 g/mol. The molecule has 0 atom stereocenters. The summed E-state index contributed by atoms with van der Waals surface area (Å²) in [6, 6.07) is 3.35. The Morgan fingerprint density at radius 1 is 1.29 bits per heavy atom. The quantitative estimate of drug-likeness (QED) is 0.722. The minimum atomic E-state index is -0.478. The van der Waals surface area contributed by atoms with Crippen LogP contribution in [0.4, 0.5) is 14.6 Å². The maximum absolute atomic E-state index is 13.6. The molecule has 17 heavy (non-hydrogen) atoms. The van der Waals surface area contributed by atoms with Crippen LogP contribution in [0, 0.1) is 11.6 Å². The third-order valence-electron chi connectivity index (χ3n) is 2.43. The number of rotatable bonds is 1. The number of nitrogens with two attached hydrogens (primary N) is 1. The molecule has 0 spiro atoms. The van der Waals surface area contributed by atoms with E-state index in [0.29, 0.717) is 16.5 Å². The van der Waals surface area contributed by atoms with Gasteiger partial charge in [0.1, 0.15) is 17.5 Å². The van der Waals surface area contributed by atoms with Crippen LogP contribution in [0.3, 0.4) is 0 Å². The lowest BCUT2D eigenvalue weighted by Crippen LogP contribution is -1.90. The average Bonchev–Trinajstić information content (AvgIpc) is 2.80. The summed E-state index contributed by atoms with van der Waals surface area (Å²) in [5.74, 6) is -0.595. The molecule has 0 saturated carbocycles. The number of hydrogen-bond donors (Lipinski definition) is 1. The molecule has 86 valence electrons. The number of thiazole rings is 1. The molecule has 0 amide bonds. The van der Waals surface area contributed by atoms with Crippen molar-refractivity contribution in [3.63, 3.8) is 0 Å². The fourth-order valence-corrected chi connectivity index (χ4v) is 2.57. The van der Waals surface area contributed by atoms with Gasteiger partial charge in [0.25, 0.3) is 0 Å². The Balaban J connectivity index is 2.29. The molecule has 6 heteroatoms. The van der Waals surface area contributed by atoms with Gasteiger partial charge in [-0.25, -0.2) is 13.8 Å². The number of nitrogen functional groups attached to an aromatic ring is 1. The van der Waals surface area contributed by atoms with Crippen LogP contribution in [0.1, 0.15) is 0 Å². The van der Waals surface area contributed by atoms with Crippen molar-refractivity contribution >= 4 is 22.1 Å². The van der Waals surface area contributed by atoms with Gasteiger partial charge in [0.2, 0.25) is 0 Å². The highest BCUT2D eigenvalue weighted by atomic mass is 32.1. The molecule has 1 aromatic carbocycles. The minimum absolute atomic E-state index is 0.202. The first-order chi connectivity index (χ1) is 8.15. The second kappa shape index (κ2) is 3.53. The minimum Gasteiger partial charge on any atom is -0.382 e. The lowest BCUT2D eigenvalue weighted by molar-refractivity contribution is 0.602. The van der Waals surface area contributed by atoms with E-state index in [-0.39, 0.29) is 5.56 Å². The SMILES string of the molecule is Nc1cn2c(-c3cc(F)ccc3F)csc2n1. The lowest BCUT2D eigenvalue weighted by atomic mass is 10.1. The van der Waals surface area contributed by atoms with Crippen molar-refractivity contribution in [2.24, 2.45) is 0 Å². The molecule has 0 unspecified atom stereocenters. The summed E-state index contributed by atoms with van der Waals surface area (Å²) in [4.78, 5) is 4.71. The zero-order chi connectivity index (χ0) is 12.0. The number of benzene rings is 1. The van der Waals surface area contributed by atoms with Crippen molar-refractivity contribution in [3.8, 4) is 11.3 Å². The average molecular weight is 251 g/mol. The standard InChI is InChI=1S/C11H7F2N3S/c12-6-1-2-8(13)7(3-6)9-5-17-11-15-10(14)4-16(9)11/h1-5H,14H2. The topological polar surface area (TPSA) is 43.3 Å². The normalized spacial score (nSPS) is 11.2. The van der Waals surface area contributed by atoms with Gasteiger partial charge in [0.05, 0.1) is 11.9 Å². The van der Waals surface area contributed by atoms with E-state index in [1.165, 1.54) is 11.3 Å². The van der Waals surface area contributed by atoms with Gasteiger partial charge < -0.3 is 5.73 Å². The summed E-state index contributed by atoms with van der Waals surface area (Å²) in [7, 11) is 0. The Kier molecular flexibility index (Phi) is 2.12. The Morgan fingerprint density at radius 2 is 2.12 bits per heavy atom. The van der Waals surface area contributed by atoms with Crippen LogP contribution in [0.5, 0.6) is 0 Å². The zero-order valence-electron chi connectivity index (χ0n) is 8.52. The molecule has 0 aliphatic heterocycles. The molecule has 2 aromatic heterocycles. The lowest BCUT2D eigenvalue weighted by Gasteiger charge is -2.01. The molecule has 2 N–H and O–H groups in total. The number of halogens is 2. The van der Waals surface area contributed by atoms with Gasteiger partial charge in [-0.05, 0) is 18.2 Å². The predicted octanol–water partition coefficient (Wildman–Crippen LogP) is 2.92. The van der Waals surface area contributed by atoms with E-state index >= 15 is 0 Å². The summed E-state index contributed by atoms with van der Waals surface area (Å²) >= 11 is 1.33.